The quantitative estimate of drug-likeness (QED) is 0.633. The molecule has 0 saturated heterocycles. The van der Waals surface area contributed by atoms with E-state index in [2.05, 4.69) is 15.5 Å². The molecule has 1 heterocycles. The monoisotopic (exact) mass is 394 g/mol. The smallest absolute Gasteiger partial charge is 0.272 e. The topological polar surface area (TPSA) is 76.6 Å². The maximum atomic E-state index is 12.8. The zero-order valence-corrected chi connectivity index (χ0v) is 17.2. The molecule has 7 heteroatoms. The van der Waals surface area contributed by atoms with Gasteiger partial charge >= 0.3 is 0 Å². The summed E-state index contributed by atoms with van der Waals surface area (Å²) in [5.41, 5.74) is 1.37. The Balaban J connectivity index is 1.74. The van der Waals surface area contributed by atoms with E-state index >= 15 is 0 Å². The van der Waals surface area contributed by atoms with E-state index in [0.717, 1.165) is 28.7 Å². The summed E-state index contributed by atoms with van der Waals surface area (Å²) in [7, 11) is 5.17. The van der Waals surface area contributed by atoms with Crippen molar-refractivity contribution in [3.8, 4) is 11.5 Å². The minimum Gasteiger partial charge on any atom is -0.493 e. The van der Waals surface area contributed by atoms with Gasteiger partial charge in [-0.1, -0.05) is 30.3 Å². The van der Waals surface area contributed by atoms with Crippen LogP contribution in [0, 0.1) is 0 Å². The molecule has 0 aliphatic heterocycles. The maximum Gasteiger partial charge on any atom is 0.272 e. The molecule has 0 atom stereocenters. The second-order valence-corrected chi connectivity index (χ2v) is 6.63. The molecule has 3 rings (SSSR count). The van der Waals surface area contributed by atoms with Gasteiger partial charge in [0.25, 0.3) is 5.91 Å². The van der Waals surface area contributed by atoms with Gasteiger partial charge < -0.3 is 19.7 Å². The largest absolute Gasteiger partial charge is 0.493 e. The molecule has 29 heavy (non-hydrogen) atoms. The number of methoxy groups -OCH3 is 2. The molecule has 7 nitrogen and oxygen atoms in total. The van der Waals surface area contributed by atoms with Crippen LogP contribution < -0.4 is 19.7 Å². The summed E-state index contributed by atoms with van der Waals surface area (Å²) < 4.78 is 10.6. The van der Waals surface area contributed by atoms with Crippen LogP contribution in [0.4, 0.5) is 5.82 Å². The van der Waals surface area contributed by atoms with E-state index in [9.17, 15) is 4.79 Å². The average Bonchev–Trinajstić information content (AvgIpc) is 2.77. The molecule has 1 aromatic heterocycles. The summed E-state index contributed by atoms with van der Waals surface area (Å²) >= 11 is 0. The third kappa shape index (κ3) is 4.39. The van der Waals surface area contributed by atoms with Crippen LogP contribution in [0.15, 0.2) is 42.5 Å². The molecule has 0 spiro atoms. The number of hydrogen-bond donors (Lipinski definition) is 1. The molecule has 0 aliphatic rings. The minimum atomic E-state index is -0.236. The molecule has 0 radical (unpaired) electrons. The number of carbonyl (C=O) groups excluding carboxylic acids is 1. The summed E-state index contributed by atoms with van der Waals surface area (Å²) in [6.07, 6.45) is 0.661. The highest BCUT2D eigenvalue weighted by atomic mass is 16.5. The SMILES string of the molecule is CCN(C)c1nnc(C(=O)NCCc2ccc(OC)c(OC)c2)c2ccccc12. The normalized spacial score (nSPS) is 10.6. The van der Waals surface area contributed by atoms with Gasteiger partial charge in [-0.3, -0.25) is 4.79 Å². The number of nitrogens with one attached hydrogen (secondary N) is 1. The Morgan fingerprint density at radius 3 is 2.45 bits per heavy atom. The van der Waals surface area contributed by atoms with Crippen LogP contribution in [-0.4, -0.2) is 50.5 Å². The van der Waals surface area contributed by atoms with Crippen LogP contribution in [0.3, 0.4) is 0 Å². The van der Waals surface area contributed by atoms with Gasteiger partial charge in [0.15, 0.2) is 23.0 Å². The van der Waals surface area contributed by atoms with Gasteiger partial charge in [0.2, 0.25) is 0 Å². The van der Waals surface area contributed by atoms with E-state index in [0.29, 0.717) is 30.2 Å². The lowest BCUT2D eigenvalue weighted by atomic mass is 10.1. The van der Waals surface area contributed by atoms with Gasteiger partial charge in [-0.05, 0) is 31.0 Å². The fourth-order valence-corrected chi connectivity index (χ4v) is 3.13. The fourth-order valence-electron chi connectivity index (χ4n) is 3.13. The third-order valence-corrected chi connectivity index (χ3v) is 4.87. The number of nitrogens with zero attached hydrogens (tertiary/aromatic N) is 3. The molecule has 0 bridgehead atoms. The van der Waals surface area contributed by atoms with Gasteiger partial charge in [0.1, 0.15) is 0 Å². The number of ether oxygens (including phenoxy) is 2. The highest BCUT2D eigenvalue weighted by Crippen LogP contribution is 2.28. The van der Waals surface area contributed by atoms with Crippen LogP contribution in [0.5, 0.6) is 11.5 Å². The summed E-state index contributed by atoms with van der Waals surface area (Å²) in [4.78, 5) is 14.8. The van der Waals surface area contributed by atoms with Crippen molar-refractivity contribution < 1.29 is 14.3 Å². The Hall–Kier alpha value is -3.35. The average molecular weight is 394 g/mol. The Morgan fingerprint density at radius 1 is 1.03 bits per heavy atom. The Bertz CT molecular complexity index is 1010. The van der Waals surface area contributed by atoms with E-state index in [1.807, 2.05) is 61.3 Å². The number of benzene rings is 2. The molecular formula is C22H26N4O3. The number of amides is 1. The lowest BCUT2D eigenvalue weighted by Crippen LogP contribution is -2.28. The van der Waals surface area contributed by atoms with Crippen molar-refractivity contribution in [1.82, 2.24) is 15.5 Å². The molecule has 0 saturated carbocycles. The van der Waals surface area contributed by atoms with Gasteiger partial charge in [-0.15, -0.1) is 10.2 Å². The Labute approximate surface area is 170 Å². The van der Waals surface area contributed by atoms with E-state index in [-0.39, 0.29) is 5.91 Å². The first kappa shape index (κ1) is 20.4. The van der Waals surface area contributed by atoms with Gasteiger partial charge in [-0.2, -0.15) is 0 Å². The number of carbonyl (C=O) groups is 1. The number of anilines is 1. The van der Waals surface area contributed by atoms with Gasteiger partial charge in [-0.25, -0.2) is 0 Å². The van der Waals surface area contributed by atoms with Crippen molar-refractivity contribution in [1.29, 1.82) is 0 Å². The van der Waals surface area contributed by atoms with Crippen LogP contribution in [0.1, 0.15) is 23.0 Å². The summed E-state index contributed by atoms with van der Waals surface area (Å²) in [6.45, 7) is 3.32. The van der Waals surface area contributed by atoms with Crippen LogP contribution in [0.2, 0.25) is 0 Å². The van der Waals surface area contributed by atoms with E-state index in [1.54, 1.807) is 14.2 Å². The number of fused-ring (bicyclic) bond motifs is 1. The first-order valence-electron chi connectivity index (χ1n) is 9.54. The predicted molar refractivity (Wildman–Crippen MR) is 114 cm³/mol. The third-order valence-electron chi connectivity index (χ3n) is 4.87. The van der Waals surface area contributed by atoms with Gasteiger partial charge in [0.05, 0.1) is 14.2 Å². The zero-order chi connectivity index (χ0) is 20.8. The maximum absolute atomic E-state index is 12.8. The fraction of sp³-hybridized carbons (Fsp3) is 0.318. The van der Waals surface area contributed by atoms with Crippen molar-refractivity contribution >= 4 is 22.5 Å². The molecular weight excluding hydrogens is 368 g/mol. The van der Waals surface area contributed by atoms with Crippen molar-refractivity contribution in [3.63, 3.8) is 0 Å². The number of hydrogen-bond acceptors (Lipinski definition) is 6. The van der Waals surface area contributed by atoms with Crippen LogP contribution >= 0.6 is 0 Å². The number of aromatic nitrogens is 2. The van der Waals surface area contributed by atoms with Gasteiger partial charge in [0, 0.05) is 30.9 Å². The Kier molecular flexibility index (Phi) is 6.49. The number of rotatable bonds is 8. The van der Waals surface area contributed by atoms with Crippen LogP contribution in [-0.2, 0) is 6.42 Å². The molecule has 152 valence electrons. The predicted octanol–water partition coefficient (Wildman–Crippen LogP) is 3.08. The highest BCUT2D eigenvalue weighted by Gasteiger charge is 2.16. The van der Waals surface area contributed by atoms with Crippen LogP contribution in [0.25, 0.3) is 10.8 Å². The van der Waals surface area contributed by atoms with E-state index < -0.39 is 0 Å². The zero-order valence-electron chi connectivity index (χ0n) is 17.2. The molecule has 1 N–H and O–H groups in total. The molecule has 0 aliphatic carbocycles. The molecule has 0 unspecified atom stereocenters. The molecule has 0 fully saturated rings. The van der Waals surface area contributed by atoms with Crippen molar-refractivity contribution in [3.05, 3.63) is 53.7 Å². The van der Waals surface area contributed by atoms with E-state index in [4.69, 9.17) is 9.47 Å². The highest BCUT2D eigenvalue weighted by molar-refractivity contribution is 6.07. The summed E-state index contributed by atoms with van der Waals surface area (Å²) in [5.74, 6) is 1.88. The van der Waals surface area contributed by atoms with Crippen molar-refractivity contribution in [2.45, 2.75) is 13.3 Å². The standard InChI is InChI=1S/C22H26N4O3/c1-5-26(2)21-17-9-7-6-8-16(17)20(24-25-21)22(27)23-13-12-15-10-11-18(28-3)19(14-15)29-4/h6-11,14H,5,12-13H2,1-4H3,(H,23,27). The second-order valence-electron chi connectivity index (χ2n) is 6.63. The van der Waals surface area contributed by atoms with E-state index in [1.165, 1.54) is 0 Å². The molecule has 3 aromatic rings. The first-order valence-corrected chi connectivity index (χ1v) is 9.54. The first-order chi connectivity index (χ1) is 14.1. The van der Waals surface area contributed by atoms with Crippen molar-refractivity contribution in [2.24, 2.45) is 0 Å². The Morgan fingerprint density at radius 2 is 1.76 bits per heavy atom. The summed E-state index contributed by atoms with van der Waals surface area (Å²) in [5, 5.41) is 13.2. The lowest BCUT2D eigenvalue weighted by molar-refractivity contribution is 0.0950. The van der Waals surface area contributed by atoms with Crippen molar-refractivity contribution in [2.75, 3.05) is 39.3 Å². The second kappa shape index (κ2) is 9.23. The minimum absolute atomic E-state index is 0.236. The molecule has 2 aromatic carbocycles. The lowest BCUT2D eigenvalue weighted by Gasteiger charge is -2.18. The summed E-state index contributed by atoms with van der Waals surface area (Å²) in [6, 6.07) is 13.4. The molecule has 1 amide bonds.